The topological polar surface area (TPSA) is 63.1 Å². The molecule has 1 aromatic heterocycles. The van der Waals surface area contributed by atoms with Crippen LogP contribution in [0.2, 0.25) is 0 Å². The fraction of sp³-hybridized carbons (Fsp3) is 0.154. The van der Waals surface area contributed by atoms with Crippen LogP contribution in [-0.2, 0) is 0 Å². The summed E-state index contributed by atoms with van der Waals surface area (Å²) in [5.41, 5.74) is 1.54. The molecule has 1 aromatic carbocycles. The highest BCUT2D eigenvalue weighted by Gasteiger charge is 2.18. The van der Waals surface area contributed by atoms with Crippen LogP contribution >= 0.6 is 11.8 Å². The zero-order chi connectivity index (χ0) is 13.1. The SMILES string of the molecule is Cc1nnc(Sc2ccccc2)c(C(=O)O)c1C. The summed E-state index contributed by atoms with van der Waals surface area (Å²) in [5, 5.41) is 17.7. The van der Waals surface area contributed by atoms with Gasteiger partial charge < -0.3 is 5.11 Å². The molecule has 18 heavy (non-hydrogen) atoms. The van der Waals surface area contributed by atoms with Gasteiger partial charge in [0.05, 0.1) is 11.3 Å². The van der Waals surface area contributed by atoms with Gasteiger partial charge in [-0.05, 0) is 31.5 Å². The van der Waals surface area contributed by atoms with Gasteiger partial charge in [0.2, 0.25) is 0 Å². The average molecular weight is 260 g/mol. The molecule has 1 heterocycles. The number of hydrogen-bond donors (Lipinski definition) is 1. The summed E-state index contributed by atoms with van der Waals surface area (Å²) in [6.07, 6.45) is 0. The van der Waals surface area contributed by atoms with Crippen LogP contribution < -0.4 is 0 Å². The van der Waals surface area contributed by atoms with E-state index in [4.69, 9.17) is 0 Å². The molecule has 0 spiro atoms. The molecule has 0 radical (unpaired) electrons. The van der Waals surface area contributed by atoms with Crippen molar-refractivity contribution < 1.29 is 9.90 Å². The number of benzene rings is 1. The van der Waals surface area contributed by atoms with Gasteiger partial charge in [-0.15, -0.1) is 5.10 Å². The lowest BCUT2D eigenvalue weighted by atomic mass is 10.1. The zero-order valence-electron chi connectivity index (χ0n) is 10.0. The first-order valence-electron chi connectivity index (χ1n) is 5.39. The van der Waals surface area contributed by atoms with Gasteiger partial charge in [0.25, 0.3) is 0 Å². The number of hydrogen-bond acceptors (Lipinski definition) is 4. The molecule has 5 heteroatoms. The molecule has 0 fully saturated rings. The molecule has 0 atom stereocenters. The number of aromatic nitrogens is 2. The summed E-state index contributed by atoms with van der Waals surface area (Å²) in [6, 6.07) is 9.53. The molecule has 1 N–H and O–H groups in total. The maximum absolute atomic E-state index is 11.3. The Balaban J connectivity index is 2.45. The number of aromatic carboxylic acids is 1. The minimum Gasteiger partial charge on any atom is -0.478 e. The minimum absolute atomic E-state index is 0.233. The first kappa shape index (κ1) is 12.6. The van der Waals surface area contributed by atoms with Crippen molar-refractivity contribution >= 4 is 17.7 Å². The lowest BCUT2D eigenvalue weighted by molar-refractivity contribution is 0.0690. The summed E-state index contributed by atoms with van der Waals surface area (Å²) in [7, 11) is 0. The summed E-state index contributed by atoms with van der Waals surface area (Å²) >= 11 is 1.31. The minimum atomic E-state index is -0.969. The molecule has 0 amide bonds. The number of carbonyl (C=O) groups is 1. The molecular weight excluding hydrogens is 248 g/mol. The molecule has 0 aliphatic heterocycles. The Morgan fingerprint density at radius 1 is 1.17 bits per heavy atom. The predicted molar refractivity (Wildman–Crippen MR) is 69.0 cm³/mol. The van der Waals surface area contributed by atoms with Crippen molar-refractivity contribution in [3.05, 3.63) is 47.2 Å². The van der Waals surface area contributed by atoms with E-state index in [1.165, 1.54) is 11.8 Å². The Kier molecular flexibility index (Phi) is 3.62. The second-order valence-corrected chi connectivity index (χ2v) is 4.87. The van der Waals surface area contributed by atoms with Crippen molar-refractivity contribution in [3.63, 3.8) is 0 Å². The van der Waals surface area contributed by atoms with Crippen molar-refractivity contribution in [3.8, 4) is 0 Å². The van der Waals surface area contributed by atoms with E-state index >= 15 is 0 Å². The largest absolute Gasteiger partial charge is 0.478 e. The number of rotatable bonds is 3. The van der Waals surface area contributed by atoms with Crippen molar-refractivity contribution in [2.24, 2.45) is 0 Å². The molecule has 2 aromatic rings. The van der Waals surface area contributed by atoms with Gasteiger partial charge in [-0.1, -0.05) is 30.0 Å². The van der Waals surface area contributed by atoms with E-state index in [9.17, 15) is 9.90 Å². The van der Waals surface area contributed by atoms with Crippen LogP contribution in [0.3, 0.4) is 0 Å². The molecule has 0 unspecified atom stereocenters. The summed E-state index contributed by atoms with van der Waals surface area (Å²) < 4.78 is 0. The van der Waals surface area contributed by atoms with E-state index in [-0.39, 0.29) is 5.56 Å². The molecule has 0 bridgehead atoms. The van der Waals surface area contributed by atoms with Crippen LogP contribution in [0.5, 0.6) is 0 Å². The van der Waals surface area contributed by atoms with Gasteiger partial charge in [-0.2, -0.15) is 5.10 Å². The third-order valence-corrected chi connectivity index (χ3v) is 3.58. The second-order valence-electron chi connectivity index (χ2n) is 3.81. The van der Waals surface area contributed by atoms with Crippen LogP contribution in [0.15, 0.2) is 40.3 Å². The van der Waals surface area contributed by atoms with Crippen LogP contribution in [0, 0.1) is 13.8 Å². The highest BCUT2D eigenvalue weighted by atomic mass is 32.2. The Bertz CT molecular complexity index is 585. The quantitative estimate of drug-likeness (QED) is 0.919. The predicted octanol–water partition coefficient (Wildman–Crippen LogP) is 2.94. The van der Waals surface area contributed by atoms with Gasteiger partial charge in [0.15, 0.2) is 0 Å². The van der Waals surface area contributed by atoms with Gasteiger partial charge in [0.1, 0.15) is 5.03 Å². The van der Waals surface area contributed by atoms with Crippen LogP contribution in [-0.4, -0.2) is 21.3 Å². The smallest absolute Gasteiger partial charge is 0.338 e. The highest BCUT2D eigenvalue weighted by molar-refractivity contribution is 7.99. The van der Waals surface area contributed by atoms with Crippen molar-refractivity contribution in [1.29, 1.82) is 0 Å². The lowest BCUT2D eigenvalue weighted by Crippen LogP contribution is -2.07. The van der Waals surface area contributed by atoms with Gasteiger partial charge >= 0.3 is 5.97 Å². The second kappa shape index (κ2) is 5.18. The van der Waals surface area contributed by atoms with E-state index in [0.29, 0.717) is 16.3 Å². The van der Waals surface area contributed by atoms with Gasteiger partial charge in [-0.3, -0.25) is 0 Å². The lowest BCUT2D eigenvalue weighted by Gasteiger charge is -2.08. The fourth-order valence-electron chi connectivity index (χ4n) is 1.51. The molecular formula is C13H12N2O2S. The third kappa shape index (κ3) is 2.51. The number of nitrogens with zero attached hydrogens (tertiary/aromatic N) is 2. The third-order valence-electron chi connectivity index (χ3n) is 2.59. The fourth-order valence-corrected chi connectivity index (χ4v) is 2.45. The Morgan fingerprint density at radius 3 is 2.44 bits per heavy atom. The standard InChI is InChI=1S/C13H12N2O2S/c1-8-9(2)14-15-12(11(8)13(16)17)18-10-6-4-3-5-7-10/h3-7H,1-2H3,(H,16,17). The number of carboxylic acid groups (broad SMARTS) is 1. The normalized spacial score (nSPS) is 10.3. The molecule has 0 aliphatic carbocycles. The molecule has 4 nitrogen and oxygen atoms in total. The summed E-state index contributed by atoms with van der Waals surface area (Å²) in [6.45, 7) is 3.51. The molecule has 92 valence electrons. The van der Waals surface area contributed by atoms with E-state index < -0.39 is 5.97 Å². The Morgan fingerprint density at radius 2 is 1.83 bits per heavy atom. The average Bonchev–Trinajstić information content (AvgIpc) is 2.35. The first-order valence-corrected chi connectivity index (χ1v) is 6.21. The molecule has 0 aliphatic rings. The highest BCUT2D eigenvalue weighted by Crippen LogP contribution is 2.30. The maximum Gasteiger partial charge on any atom is 0.338 e. The van der Waals surface area contributed by atoms with E-state index in [1.54, 1.807) is 13.8 Å². The monoisotopic (exact) mass is 260 g/mol. The van der Waals surface area contributed by atoms with Crippen LogP contribution in [0.4, 0.5) is 0 Å². The van der Waals surface area contributed by atoms with Crippen molar-refractivity contribution in [2.45, 2.75) is 23.8 Å². The molecule has 2 rings (SSSR count). The van der Waals surface area contributed by atoms with Crippen LogP contribution in [0.25, 0.3) is 0 Å². The molecule has 0 saturated heterocycles. The maximum atomic E-state index is 11.3. The zero-order valence-corrected chi connectivity index (χ0v) is 10.9. The number of aryl methyl sites for hydroxylation is 1. The molecule has 0 saturated carbocycles. The van der Waals surface area contributed by atoms with Crippen LogP contribution in [0.1, 0.15) is 21.6 Å². The van der Waals surface area contributed by atoms with Crippen molar-refractivity contribution in [1.82, 2.24) is 10.2 Å². The van der Waals surface area contributed by atoms with E-state index in [1.807, 2.05) is 30.3 Å². The summed E-state index contributed by atoms with van der Waals surface area (Å²) in [5.74, 6) is -0.969. The summed E-state index contributed by atoms with van der Waals surface area (Å²) in [4.78, 5) is 12.2. The van der Waals surface area contributed by atoms with Crippen molar-refractivity contribution in [2.75, 3.05) is 0 Å². The Labute approximate surface area is 109 Å². The van der Waals surface area contributed by atoms with Gasteiger partial charge in [-0.25, -0.2) is 4.79 Å². The Hall–Kier alpha value is -1.88. The number of carboxylic acids is 1. The van der Waals surface area contributed by atoms with Gasteiger partial charge in [0, 0.05) is 4.90 Å². The van der Waals surface area contributed by atoms with E-state index in [2.05, 4.69) is 10.2 Å². The first-order chi connectivity index (χ1) is 8.59. The van der Waals surface area contributed by atoms with E-state index in [0.717, 1.165) is 4.90 Å².